The smallest absolute Gasteiger partial charge is 0.305 e. The molecule has 2 heterocycles. The minimum Gasteiger partial charge on any atom is -0.363 e. The summed E-state index contributed by atoms with van der Waals surface area (Å²) in [5.41, 5.74) is -0.349. The first-order valence-electron chi connectivity index (χ1n) is 7.99. The molecule has 0 bridgehead atoms. The van der Waals surface area contributed by atoms with E-state index in [1.54, 1.807) is 4.90 Å². The summed E-state index contributed by atoms with van der Waals surface area (Å²) < 4.78 is 26.6. The Balaban J connectivity index is 1.82. The number of aryl methyl sites for hydroxylation is 1. The van der Waals surface area contributed by atoms with Crippen molar-refractivity contribution in [3.8, 4) is 0 Å². The minimum absolute atomic E-state index is 0.0488. The maximum atomic E-state index is 12.7. The summed E-state index contributed by atoms with van der Waals surface area (Å²) in [7, 11) is -3.85. The maximum Gasteiger partial charge on any atom is 0.305 e. The normalized spacial score (nSPS) is 15.5. The van der Waals surface area contributed by atoms with E-state index in [2.05, 4.69) is 4.98 Å². The molecule has 0 saturated carbocycles. The molecule has 0 aliphatic carbocycles. The number of rotatable bonds is 5. The largest absolute Gasteiger partial charge is 0.363 e. The van der Waals surface area contributed by atoms with Crippen LogP contribution in [0.5, 0.6) is 0 Å². The quantitative estimate of drug-likeness (QED) is 0.545. The van der Waals surface area contributed by atoms with Crippen LogP contribution in [0.1, 0.15) is 5.69 Å². The van der Waals surface area contributed by atoms with Crippen molar-refractivity contribution >= 4 is 38.4 Å². The minimum atomic E-state index is -3.85. The molecule has 1 aromatic carbocycles. The highest BCUT2D eigenvalue weighted by Gasteiger charge is 2.33. The molecule has 1 aliphatic rings. The Hall–Kier alpha value is -2.84. The molecule has 1 fully saturated rings. The zero-order valence-corrected chi connectivity index (χ0v) is 16.2. The second kappa shape index (κ2) is 7.29. The van der Waals surface area contributed by atoms with Crippen LogP contribution in [0.15, 0.2) is 27.2 Å². The maximum absolute atomic E-state index is 12.7. The van der Waals surface area contributed by atoms with Crippen LogP contribution in [-0.4, -0.2) is 53.7 Å². The second-order valence-corrected chi connectivity index (χ2v) is 9.12. The number of aromatic amines is 1. The molecule has 2 aromatic rings. The molecule has 28 heavy (non-hydrogen) atoms. The van der Waals surface area contributed by atoms with Gasteiger partial charge in [-0.15, -0.1) is 0 Å². The van der Waals surface area contributed by atoms with E-state index >= 15 is 0 Å². The Bertz CT molecular complexity index is 1100. The third kappa shape index (κ3) is 3.61. The number of nitrogens with one attached hydrogen (secondary N) is 1. The van der Waals surface area contributed by atoms with Crippen LogP contribution >= 0.6 is 11.3 Å². The summed E-state index contributed by atoms with van der Waals surface area (Å²) in [4.78, 5) is 35.7. The van der Waals surface area contributed by atoms with E-state index in [0.717, 1.165) is 6.07 Å². The van der Waals surface area contributed by atoms with Crippen LogP contribution in [0.2, 0.25) is 0 Å². The number of piperazine rings is 1. The molecular formula is C14H15N5O7S2. The first-order valence-corrected chi connectivity index (χ1v) is 10.2. The molecular weight excluding hydrogens is 414 g/mol. The predicted octanol–water partition coefficient (Wildman–Crippen LogP) is 1.07. The van der Waals surface area contributed by atoms with Crippen molar-refractivity contribution in [2.75, 3.05) is 31.1 Å². The highest BCUT2D eigenvalue weighted by molar-refractivity contribution is 7.91. The van der Waals surface area contributed by atoms with Gasteiger partial charge in [-0.25, -0.2) is 8.42 Å². The van der Waals surface area contributed by atoms with E-state index in [9.17, 15) is 33.4 Å². The van der Waals surface area contributed by atoms with Crippen molar-refractivity contribution in [1.82, 2.24) is 9.29 Å². The van der Waals surface area contributed by atoms with Gasteiger partial charge in [-0.3, -0.25) is 25.0 Å². The van der Waals surface area contributed by atoms with Crippen molar-refractivity contribution < 1.29 is 18.3 Å². The number of non-ortho nitro benzene ring substituents is 1. The zero-order valence-electron chi connectivity index (χ0n) is 14.5. The average molecular weight is 429 g/mol. The van der Waals surface area contributed by atoms with Gasteiger partial charge in [-0.05, 0) is 13.0 Å². The lowest BCUT2D eigenvalue weighted by atomic mass is 10.2. The number of nitro groups is 2. The molecule has 3 rings (SSSR count). The molecule has 1 aromatic heterocycles. The van der Waals surface area contributed by atoms with E-state index in [1.165, 1.54) is 23.4 Å². The van der Waals surface area contributed by atoms with Crippen molar-refractivity contribution in [2.24, 2.45) is 0 Å². The number of nitrogens with zero attached hydrogens (tertiary/aromatic N) is 4. The number of hydrogen-bond acceptors (Lipinski definition) is 9. The van der Waals surface area contributed by atoms with Gasteiger partial charge >= 0.3 is 4.87 Å². The molecule has 1 N–H and O–H groups in total. The molecule has 1 aliphatic heterocycles. The summed E-state index contributed by atoms with van der Waals surface area (Å²) in [6.45, 7) is 1.94. The molecule has 12 nitrogen and oxygen atoms in total. The van der Waals surface area contributed by atoms with E-state index in [-0.39, 0.29) is 41.8 Å². The fourth-order valence-electron chi connectivity index (χ4n) is 2.96. The van der Waals surface area contributed by atoms with E-state index in [0.29, 0.717) is 11.3 Å². The van der Waals surface area contributed by atoms with Gasteiger partial charge in [0, 0.05) is 37.9 Å². The van der Waals surface area contributed by atoms with Gasteiger partial charge in [0.25, 0.3) is 21.4 Å². The first-order chi connectivity index (χ1) is 13.1. The molecule has 1 saturated heterocycles. The Morgan fingerprint density at radius 1 is 1.11 bits per heavy atom. The van der Waals surface area contributed by atoms with Gasteiger partial charge in [-0.1, -0.05) is 11.3 Å². The van der Waals surface area contributed by atoms with Gasteiger partial charge in [0.05, 0.1) is 15.9 Å². The molecule has 150 valence electrons. The molecule has 14 heteroatoms. The van der Waals surface area contributed by atoms with Crippen molar-refractivity contribution in [1.29, 1.82) is 0 Å². The van der Waals surface area contributed by atoms with Crippen LogP contribution < -0.4 is 9.77 Å². The van der Waals surface area contributed by atoms with E-state index < -0.39 is 36.1 Å². The lowest BCUT2D eigenvalue weighted by Gasteiger charge is -2.34. The van der Waals surface area contributed by atoms with Crippen molar-refractivity contribution in [3.63, 3.8) is 0 Å². The number of benzene rings is 1. The highest BCUT2D eigenvalue weighted by atomic mass is 32.2. The van der Waals surface area contributed by atoms with Crippen LogP contribution in [0.3, 0.4) is 0 Å². The third-order valence-corrected chi connectivity index (χ3v) is 7.78. The van der Waals surface area contributed by atoms with Crippen LogP contribution in [0.25, 0.3) is 0 Å². The topological polar surface area (TPSA) is 160 Å². The fourth-order valence-corrected chi connectivity index (χ4v) is 5.82. The van der Waals surface area contributed by atoms with Gasteiger partial charge < -0.3 is 9.88 Å². The van der Waals surface area contributed by atoms with Crippen LogP contribution in [0, 0.1) is 27.2 Å². The molecule has 0 amide bonds. The van der Waals surface area contributed by atoms with E-state index in [1.807, 2.05) is 0 Å². The number of thiazole rings is 1. The number of hydrogen-bond donors (Lipinski definition) is 1. The predicted molar refractivity (Wildman–Crippen MR) is 100 cm³/mol. The molecule has 0 atom stereocenters. The molecule has 0 spiro atoms. The zero-order chi connectivity index (χ0) is 20.6. The first kappa shape index (κ1) is 19.9. The van der Waals surface area contributed by atoms with Crippen LogP contribution in [0.4, 0.5) is 17.1 Å². The van der Waals surface area contributed by atoms with Crippen molar-refractivity contribution in [3.05, 3.63) is 53.8 Å². The number of nitro benzene ring substituents is 2. The van der Waals surface area contributed by atoms with Gasteiger partial charge in [-0.2, -0.15) is 4.31 Å². The summed E-state index contributed by atoms with van der Waals surface area (Å²) >= 11 is 0.615. The molecule has 0 unspecified atom stereocenters. The summed E-state index contributed by atoms with van der Waals surface area (Å²) in [6, 6.07) is 3.35. The second-order valence-electron chi connectivity index (χ2n) is 6.01. The van der Waals surface area contributed by atoms with Gasteiger partial charge in [0.2, 0.25) is 0 Å². The highest BCUT2D eigenvalue weighted by Crippen LogP contribution is 2.33. The Morgan fingerprint density at radius 3 is 2.25 bits per heavy atom. The third-order valence-electron chi connectivity index (χ3n) is 4.30. The average Bonchev–Trinajstić information content (AvgIpc) is 3.00. The van der Waals surface area contributed by atoms with Gasteiger partial charge in [0.1, 0.15) is 5.69 Å². The monoisotopic (exact) mass is 429 g/mol. The standard InChI is InChI=1S/C14H15N5O7S2/c1-9-13(27-14(20)15-9)28(25,26)17-6-4-16(5-7-17)11-3-2-10(18(21)22)8-12(11)19(23)24/h2-3,8H,4-7H2,1H3,(H,15,20). The molecule has 0 radical (unpaired) electrons. The summed E-state index contributed by atoms with van der Waals surface area (Å²) in [5.74, 6) is 0. The fraction of sp³-hybridized carbons (Fsp3) is 0.357. The number of H-pyrrole nitrogens is 1. The van der Waals surface area contributed by atoms with Crippen LogP contribution in [-0.2, 0) is 10.0 Å². The summed E-state index contributed by atoms with van der Waals surface area (Å²) in [6.07, 6.45) is 0. The SMILES string of the molecule is Cc1[nH]c(=O)sc1S(=O)(=O)N1CCN(c2ccc([N+](=O)[O-])cc2[N+](=O)[O-])CC1. The summed E-state index contributed by atoms with van der Waals surface area (Å²) in [5, 5.41) is 22.2. The Kier molecular flexibility index (Phi) is 5.18. The van der Waals surface area contributed by atoms with Crippen molar-refractivity contribution in [2.45, 2.75) is 11.1 Å². The van der Waals surface area contributed by atoms with E-state index in [4.69, 9.17) is 0 Å². The Labute approximate surface area is 162 Å². The number of sulfonamides is 1. The number of anilines is 1. The lowest BCUT2D eigenvalue weighted by molar-refractivity contribution is -0.393. The van der Waals surface area contributed by atoms with Gasteiger partial charge in [0.15, 0.2) is 4.21 Å². The Morgan fingerprint density at radius 2 is 1.75 bits per heavy atom. The number of aromatic nitrogens is 1. The lowest BCUT2D eigenvalue weighted by Crippen LogP contribution is -2.48.